The zero-order valence-corrected chi connectivity index (χ0v) is 17.5. The van der Waals surface area contributed by atoms with Crippen LogP contribution in [0.3, 0.4) is 0 Å². The van der Waals surface area contributed by atoms with Gasteiger partial charge in [-0.2, -0.15) is 0 Å². The van der Waals surface area contributed by atoms with Gasteiger partial charge in [-0.3, -0.25) is 0 Å². The van der Waals surface area contributed by atoms with Gasteiger partial charge in [0.1, 0.15) is 17.4 Å². The van der Waals surface area contributed by atoms with Gasteiger partial charge in [-0.25, -0.2) is 14.4 Å². The Balaban J connectivity index is 1.51. The summed E-state index contributed by atoms with van der Waals surface area (Å²) in [5.74, 6) is 1.53. The SMILES string of the molecule is COc1cc(/C=C2\CCCn3c(-c4ccc(F)cc4)cnc32)ccc1-n1cnc(C)c1. The maximum absolute atomic E-state index is 13.3. The fourth-order valence-electron chi connectivity index (χ4n) is 4.14. The van der Waals surface area contributed by atoms with Gasteiger partial charge in [0.2, 0.25) is 0 Å². The van der Waals surface area contributed by atoms with E-state index < -0.39 is 0 Å². The molecule has 31 heavy (non-hydrogen) atoms. The minimum absolute atomic E-state index is 0.231. The smallest absolute Gasteiger partial charge is 0.143 e. The number of aryl methyl sites for hydroxylation is 1. The summed E-state index contributed by atoms with van der Waals surface area (Å²) in [7, 11) is 1.68. The van der Waals surface area contributed by atoms with Crippen molar-refractivity contribution in [3.05, 3.63) is 84.1 Å². The Labute approximate surface area is 180 Å². The number of nitrogens with zero attached hydrogens (tertiary/aromatic N) is 4. The minimum atomic E-state index is -0.231. The summed E-state index contributed by atoms with van der Waals surface area (Å²) in [6.07, 6.45) is 9.83. The second-order valence-corrected chi connectivity index (χ2v) is 7.75. The van der Waals surface area contributed by atoms with Crippen LogP contribution in [-0.4, -0.2) is 26.2 Å². The Kier molecular flexibility index (Phi) is 4.90. The molecule has 0 saturated carbocycles. The number of aromatic nitrogens is 4. The zero-order valence-electron chi connectivity index (χ0n) is 17.5. The maximum Gasteiger partial charge on any atom is 0.143 e. The number of fused-ring (bicyclic) bond motifs is 1. The van der Waals surface area contributed by atoms with Gasteiger partial charge in [0.25, 0.3) is 0 Å². The second-order valence-electron chi connectivity index (χ2n) is 7.75. The highest BCUT2D eigenvalue weighted by Gasteiger charge is 2.19. The molecule has 5 rings (SSSR count). The fraction of sp³-hybridized carbons (Fsp3) is 0.200. The third-order valence-electron chi connectivity index (χ3n) is 5.65. The molecule has 5 nitrogen and oxygen atoms in total. The predicted octanol–water partition coefficient (Wildman–Crippen LogP) is 5.53. The molecular formula is C25H23FN4O. The van der Waals surface area contributed by atoms with Crippen LogP contribution in [0.4, 0.5) is 4.39 Å². The summed E-state index contributed by atoms with van der Waals surface area (Å²) in [4.78, 5) is 9.01. The van der Waals surface area contributed by atoms with Crippen molar-refractivity contribution in [2.75, 3.05) is 7.11 Å². The molecule has 0 unspecified atom stereocenters. The van der Waals surface area contributed by atoms with E-state index >= 15 is 0 Å². The van der Waals surface area contributed by atoms with Gasteiger partial charge in [-0.15, -0.1) is 0 Å². The average molecular weight is 414 g/mol. The number of imidazole rings is 2. The van der Waals surface area contributed by atoms with E-state index in [9.17, 15) is 4.39 Å². The van der Waals surface area contributed by atoms with Crippen molar-refractivity contribution in [1.82, 2.24) is 19.1 Å². The minimum Gasteiger partial charge on any atom is -0.495 e. The van der Waals surface area contributed by atoms with Crippen molar-refractivity contribution >= 4 is 11.6 Å². The number of hydrogen-bond donors (Lipinski definition) is 0. The van der Waals surface area contributed by atoms with E-state index in [1.807, 2.05) is 36.0 Å². The number of ether oxygens (including phenoxy) is 1. The lowest BCUT2D eigenvalue weighted by atomic mass is 10.0. The molecule has 0 spiro atoms. The molecule has 1 aliphatic heterocycles. The summed E-state index contributed by atoms with van der Waals surface area (Å²) in [5, 5.41) is 0. The Morgan fingerprint density at radius 2 is 1.94 bits per heavy atom. The van der Waals surface area contributed by atoms with Gasteiger partial charge in [0.15, 0.2) is 0 Å². The number of halogens is 1. The molecule has 0 amide bonds. The molecular weight excluding hydrogens is 391 g/mol. The van der Waals surface area contributed by atoms with Gasteiger partial charge in [-0.05, 0) is 78.9 Å². The highest BCUT2D eigenvalue weighted by atomic mass is 19.1. The van der Waals surface area contributed by atoms with Crippen molar-refractivity contribution in [3.63, 3.8) is 0 Å². The number of allylic oxidation sites excluding steroid dienone is 1. The molecule has 0 radical (unpaired) electrons. The molecule has 0 bridgehead atoms. The summed E-state index contributed by atoms with van der Waals surface area (Å²) in [6, 6.07) is 12.8. The maximum atomic E-state index is 13.3. The van der Waals surface area contributed by atoms with Crippen LogP contribution in [0.25, 0.3) is 28.6 Å². The van der Waals surface area contributed by atoms with E-state index in [1.54, 1.807) is 25.6 Å². The van der Waals surface area contributed by atoms with Crippen molar-refractivity contribution in [2.45, 2.75) is 26.3 Å². The van der Waals surface area contributed by atoms with Crippen LogP contribution in [0.2, 0.25) is 0 Å². The van der Waals surface area contributed by atoms with Gasteiger partial charge >= 0.3 is 0 Å². The fourth-order valence-corrected chi connectivity index (χ4v) is 4.14. The average Bonchev–Trinajstić information content (AvgIpc) is 3.41. The van der Waals surface area contributed by atoms with Gasteiger partial charge in [0.05, 0.1) is 36.7 Å². The molecule has 3 heterocycles. The van der Waals surface area contributed by atoms with Crippen molar-refractivity contribution in [3.8, 4) is 22.7 Å². The van der Waals surface area contributed by atoms with Gasteiger partial charge in [-0.1, -0.05) is 6.07 Å². The summed E-state index contributed by atoms with van der Waals surface area (Å²) in [6.45, 7) is 2.87. The first-order chi connectivity index (χ1) is 15.1. The molecule has 2 aromatic heterocycles. The van der Waals surface area contributed by atoms with Crippen LogP contribution in [0.15, 0.2) is 61.2 Å². The summed E-state index contributed by atoms with van der Waals surface area (Å²) in [5.41, 5.74) is 6.15. The molecule has 0 aliphatic carbocycles. The molecule has 2 aromatic carbocycles. The highest BCUT2D eigenvalue weighted by molar-refractivity contribution is 5.81. The molecule has 156 valence electrons. The first kappa shape index (κ1) is 19.3. The Morgan fingerprint density at radius 3 is 2.68 bits per heavy atom. The predicted molar refractivity (Wildman–Crippen MR) is 120 cm³/mol. The summed E-state index contributed by atoms with van der Waals surface area (Å²) >= 11 is 0. The van der Waals surface area contributed by atoms with Crippen LogP contribution in [0.1, 0.15) is 29.9 Å². The summed E-state index contributed by atoms with van der Waals surface area (Å²) < 4.78 is 23.2. The topological polar surface area (TPSA) is 44.9 Å². The number of benzene rings is 2. The number of rotatable bonds is 4. The number of hydrogen-bond acceptors (Lipinski definition) is 3. The van der Waals surface area contributed by atoms with Crippen molar-refractivity contribution in [1.29, 1.82) is 0 Å². The van der Waals surface area contributed by atoms with Crippen molar-refractivity contribution < 1.29 is 9.13 Å². The lowest BCUT2D eigenvalue weighted by molar-refractivity contribution is 0.413. The van der Waals surface area contributed by atoms with E-state index in [1.165, 1.54) is 17.7 Å². The Hall–Kier alpha value is -3.67. The molecule has 0 fully saturated rings. The normalized spacial score (nSPS) is 14.6. The standard InChI is InChI=1S/C25H23FN4O/c1-17-15-29(16-28-17)22-10-5-18(13-24(22)31-2)12-20-4-3-11-30-23(14-27-25(20)30)19-6-8-21(26)9-7-19/h5-10,12-16H,3-4,11H2,1-2H3/b20-12+. The molecule has 0 N–H and O–H groups in total. The highest BCUT2D eigenvalue weighted by Crippen LogP contribution is 2.33. The third kappa shape index (κ3) is 3.65. The molecule has 6 heteroatoms. The van der Waals surface area contributed by atoms with E-state index in [0.717, 1.165) is 59.2 Å². The van der Waals surface area contributed by atoms with Gasteiger partial charge < -0.3 is 13.9 Å². The van der Waals surface area contributed by atoms with Crippen LogP contribution in [0, 0.1) is 12.7 Å². The lowest BCUT2D eigenvalue weighted by Gasteiger charge is -2.20. The monoisotopic (exact) mass is 414 g/mol. The lowest BCUT2D eigenvalue weighted by Crippen LogP contribution is -2.11. The van der Waals surface area contributed by atoms with E-state index in [0.29, 0.717) is 0 Å². The molecule has 4 aromatic rings. The van der Waals surface area contributed by atoms with Crippen molar-refractivity contribution in [2.24, 2.45) is 0 Å². The van der Waals surface area contributed by atoms with E-state index in [2.05, 4.69) is 21.7 Å². The quantitative estimate of drug-likeness (QED) is 0.441. The van der Waals surface area contributed by atoms with E-state index in [-0.39, 0.29) is 5.82 Å². The van der Waals surface area contributed by atoms with Crippen LogP contribution in [0.5, 0.6) is 5.75 Å². The first-order valence-corrected chi connectivity index (χ1v) is 10.3. The van der Waals surface area contributed by atoms with Gasteiger partial charge in [0, 0.05) is 12.7 Å². The number of methoxy groups -OCH3 is 1. The second kappa shape index (κ2) is 7.87. The Bertz CT molecular complexity index is 1270. The molecule has 0 atom stereocenters. The third-order valence-corrected chi connectivity index (χ3v) is 5.65. The van der Waals surface area contributed by atoms with Crippen LogP contribution >= 0.6 is 0 Å². The van der Waals surface area contributed by atoms with E-state index in [4.69, 9.17) is 9.72 Å². The Morgan fingerprint density at radius 1 is 1.10 bits per heavy atom. The molecule has 1 aliphatic rings. The van der Waals surface area contributed by atoms with Crippen LogP contribution in [-0.2, 0) is 6.54 Å². The largest absolute Gasteiger partial charge is 0.495 e. The molecule has 0 saturated heterocycles. The van der Waals surface area contributed by atoms with Crippen LogP contribution < -0.4 is 4.74 Å². The first-order valence-electron chi connectivity index (χ1n) is 10.3. The zero-order chi connectivity index (χ0) is 21.4.